The van der Waals surface area contributed by atoms with E-state index < -0.39 is 12.1 Å². The van der Waals surface area contributed by atoms with Crippen molar-refractivity contribution in [1.82, 2.24) is 0 Å². The lowest BCUT2D eigenvalue weighted by molar-refractivity contribution is -0.545. The summed E-state index contributed by atoms with van der Waals surface area (Å²) in [4.78, 5) is 23.3. The van der Waals surface area contributed by atoms with Crippen LogP contribution >= 0.6 is 0 Å². The Bertz CT molecular complexity index is 560. The molecule has 3 aliphatic rings. The van der Waals surface area contributed by atoms with Crippen LogP contribution in [0.5, 0.6) is 0 Å². The number of fused-ring (bicyclic) bond motifs is 3. The Labute approximate surface area is 175 Å². The van der Waals surface area contributed by atoms with Gasteiger partial charge in [-0.15, -0.1) is 0 Å². The molecule has 0 N–H and O–H groups in total. The van der Waals surface area contributed by atoms with Crippen molar-refractivity contribution in [3.8, 4) is 6.07 Å². The van der Waals surface area contributed by atoms with Crippen LogP contribution in [-0.2, 0) is 9.53 Å². The third-order valence-electron chi connectivity index (χ3n) is 6.39. The molecule has 1 saturated carbocycles. The van der Waals surface area contributed by atoms with Crippen LogP contribution < -0.4 is 0 Å². The summed E-state index contributed by atoms with van der Waals surface area (Å²) in [6.07, 6.45) is 14.1. The molecule has 2 radical (unpaired) electrons. The van der Waals surface area contributed by atoms with Gasteiger partial charge in [-0.2, -0.15) is 5.26 Å². The molecule has 2 saturated heterocycles. The summed E-state index contributed by atoms with van der Waals surface area (Å²) in [6, 6.07) is 1.75. The molecule has 0 aromatic heterocycles. The lowest BCUT2D eigenvalue weighted by Crippen LogP contribution is -2.51. The van der Waals surface area contributed by atoms with Gasteiger partial charge in [-0.05, 0) is 32.1 Å². The van der Waals surface area contributed by atoms with E-state index in [1.807, 2.05) is 0 Å². The van der Waals surface area contributed by atoms with E-state index in [0.29, 0.717) is 25.4 Å². The number of carbonyl (C=O) groups is 1. The van der Waals surface area contributed by atoms with E-state index in [1.165, 1.54) is 32.1 Å². The molecular weight excluding hydrogens is 368 g/mol. The van der Waals surface area contributed by atoms with Gasteiger partial charge in [0.25, 0.3) is 0 Å². The fraction of sp³-hybridized carbons (Fsp3) is 0.826. The summed E-state index contributed by atoms with van der Waals surface area (Å²) in [5.74, 6) is 0.0148. The molecule has 4 atom stereocenters. The van der Waals surface area contributed by atoms with Crippen molar-refractivity contribution in [1.29, 1.82) is 5.26 Å². The number of ether oxygens (including phenoxy) is 1. The first-order valence-corrected chi connectivity index (χ1v) is 11.5. The zero-order valence-corrected chi connectivity index (χ0v) is 17.7. The molecule has 2 heterocycles. The van der Waals surface area contributed by atoms with Crippen molar-refractivity contribution >= 4 is 5.78 Å². The first-order valence-electron chi connectivity index (χ1n) is 11.5. The molecule has 29 heavy (non-hydrogen) atoms. The monoisotopic (exact) mass is 404 g/mol. The third kappa shape index (κ3) is 7.70. The van der Waals surface area contributed by atoms with Gasteiger partial charge in [0.15, 0.2) is 11.9 Å². The summed E-state index contributed by atoms with van der Waals surface area (Å²) < 4.78 is 5.69. The van der Waals surface area contributed by atoms with Crippen molar-refractivity contribution in [2.24, 2.45) is 11.8 Å². The molecular formula is C23H36N2O4. The summed E-state index contributed by atoms with van der Waals surface area (Å²) in [5, 5.41) is 20.4. The number of nitro groups is 1. The quantitative estimate of drug-likeness (QED) is 0.201. The highest BCUT2D eigenvalue weighted by Gasteiger charge is 2.51. The van der Waals surface area contributed by atoms with E-state index in [1.54, 1.807) is 0 Å². The van der Waals surface area contributed by atoms with E-state index in [4.69, 9.17) is 4.74 Å². The molecule has 0 spiro atoms. The topological polar surface area (TPSA) is 93.2 Å². The lowest BCUT2D eigenvalue weighted by Gasteiger charge is -2.41. The molecule has 0 aromatic rings. The maximum Gasteiger partial charge on any atom is 0.239 e. The molecule has 6 heteroatoms. The smallest absolute Gasteiger partial charge is 0.239 e. The van der Waals surface area contributed by atoms with E-state index in [-0.39, 0.29) is 22.5 Å². The second-order valence-electron chi connectivity index (χ2n) is 8.64. The molecule has 162 valence electrons. The number of hydrogen-bond donors (Lipinski definition) is 0. The number of nitrogens with zero attached hydrogens (tertiary/aromatic N) is 2. The van der Waals surface area contributed by atoms with Gasteiger partial charge in [-0.3, -0.25) is 14.9 Å². The fourth-order valence-corrected chi connectivity index (χ4v) is 4.62. The zero-order chi connectivity index (χ0) is 21.1. The Morgan fingerprint density at radius 2 is 1.79 bits per heavy atom. The first-order chi connectivity index (χ1) is 14.1. The first kappa shape index (κ1) is 23.8. The molecule has 2 aliphatic heterocycles. The van der Waals surface area contributed by atoms with Gasteiger partial charge in [0, 0.05) is 29.6 Å². The van der Waals surface area contributed by atoms with Crippen LogP contribution in [0.25, 0.3) is 0 Å². The minimum absolute atomic E-state index is 0.0114. The number of hydrogen-bond acceptors (Lipinski definition) is 5. The van der Waals surface area contributed by atoms with Crippen LogP contribution in [0.2, 0.25) is 0 Å². The van der Waals surface area contributed by atoms with Gasteiger partial charge >= 0.3 is 0 Å². The largest absolute Gasteiger partial charge is 0.353 e. The molecule has 1 aliphatic carbocycles. The molecule has 3 rings (SSSR count). The third-order valence-corrected chi connectivity index (χ3v) is 6.39. The standard InChI is InChI=1S/C23H36N2O4/c1-2-3-4-5-6-7-8-11-18(17-24)12-9-10-13-21(26)23-19-14-15-22(29-23)20(16-19)25(27)28/h18-20,22H,1-16H2. The van der Waals surface area contributed by atoms with Crippen LogP contribution in [0.15, 0.2) is 0 Å². The number of carbonyl (C=O) groups excluding carboxylic acids is 1. The van der Waals surface area contributed by atoms with Crippen molar-refractivity contribution in [3.05, 3.63) is 23.1 Å². The van der Waals surface area contributed by atoms with E-state index in [2.05, 4.69) is 13.0 Å². The van der Waals surface area contributed by atoms with Gasteiger partial charge in [0.2, 0.25) is 6.04 Å². The number of rotatable bonds is 15. The minimum Gasteiger partial charge on any atom is -0.353 e. The van der Waals surface area contributed by atoms with Crippen LogP contribution in [-0.4, -0.2) is 22.9 Å². The van der Waals surface area contributed by atoms with Crippen LogP contribution in [0.3, 0.4) is 0 Å². The normalized spacial score (nSPS) is 24.9. The molecule has 2 bridgehead atoms. The summed E-state index contributed by atoms with van der Waals surface area (Å²) >= 11 is 0. The SMILES string of the molecule is [CH2]CCCCCCCCC(C#N)CCCCC(=O)[C]1OC2CCC1CC2[N+](=O)[O-]. The van der Waals surface area contributed by atoms with Gasteiger partial charge in [0.05, 0.1) is 6.07 Å². The molecule has 4 unspecified atom stereocenters. The summed E-state index contributed by atoms with van der Waals surface area (Å²) in [5.41, 5.74) is 0. The molecule has 6 nitrogen and oxygen atoms in total. The molecule has 3 fully saturated rings. The van der Waals surface area contributed by atoms with Gasteiger partial charge in [0.1, 0.15) is 6.10 Å². The second-order valence-corrected chi connectivity index (χ2v) is 8.64. The van der Waals surface area contributed by atoms with Gasteiger partial charge in [-0.1, -0.05) is 58.3 Å². The number of nitriles is 1. The van der Waals surface area contributed by atoms with Gasteiger partial charge < -0.3 is 4.74 Å². The average Bonchev–Trinajstić information content (AvgIpc) is 2.74. The number of unbranched alkanes of at least 4 members (excludes halogenated alkanes) is 7. The highest BCUT2D eigenvalue weighted by atomic mass is 16.6. The maximum absolute atomic E-state index is 12.5. The fourth-order valence-electron chi connectivity index (χ4n) is 4.62. The Balaban J connectivity index is 1.57. The average molecular weight is 405 g/mol. The van der Waals surface area contributed by atoms with Gasteiger partial charge in [-0.25, -0.2) is 0 Å². The van der Waals surface area contributed by atoms with E-state index >= 15 is 0 Å². The van der Waals surface area contributed by atoms with Crippen molar-refractivity contribution in [2.45, 2.75) is 108 Å². The predicted molar refractivity (Wildman–Crippen MR) is 111 cm³/mol. The number of Topliss-reactive ketones (excluding diaryl/α,β-unsaturated/α-hetero) is 1. The van der Waals surface area contributed by atoms with Crippen molar-refractivity contribution in [2.75, 3.05) is 0 Å². The highest BCUT2D eigenvalue weighted by Crippen LogP contribution is 2.43. The Morgan fingerprint density at radius 3 is 2.38 bits per heavy atom. The van der Waals surface area contributed by atoms with E-state index in [0.717, 1.165) is 44.9 Å². The predicted octanol–water partition coefficient (Wildman–Crippen LogP) is 5.59. The summed E-state index contributed by atoms with van der Waals surface area (Å²) in [6.45, 7) is 3.86. The maximum atomic E-state index is 12.5. The Morgan fingerprint density at radius 1 is 1.14 bits per heavy atom. The second kappa shape index (κ2) is 13.0. The van der Waals surface area contributed by atoms with Crippen molar-refractivity contribution in [3.63, 3.8) is 0 Å². The lowest BCUT2D eigenvalue weighted by atomic mass is 9.75. The van der Waals surface area contributed by atoms with Crippen molar-refractivity contribution < 1.29 is 14.5 Å². The zero-order valence-electron chi connectivity index (χ0n) is 17.7. The summed E-state index contributed by atoms with van der Waals surface area (Å²) in [7, 11) is 0. The number of ketones is 1. The van der Waals surface area contributed by atoms with Crippen LogP contribution in [0.4, 0.5) is 0 Å². The highest BCUT2D eigenvalue weighted by molar-refractivity contribution is 5.90. The molecule has 0 aromatic carbocycles. The Hall–Kier alpha value is -1.48. The Kier molecular flexibility index (Phi) is 10.6. The van der Waals surface area contributed by atoms with Crippen LogP contribution in [0.1, 0.15) is 96.3 Å². The minimum atomic E-state index is -0.662. The molecule has 0 amide bonds. The van der Waals surface area contributed by atoms with E-state index in [9.17, 15) is 20.2 Å². The van der Waals surface area contributed by atoms with Crippen LogP contribution in [0, 0.1) is 46.3 Å².